The number of para-hydroxylation sites is 1. The zero-order valence-corrected chi connectivity index (χ0v) is 15.1. The Morgan fingerprint density at radius 2 is 1.85 bits per heavy atom. The fraction of sp³-hybridized carbons (Fsp3) is 0.263. The standard InChI is InChI=1S/C19H21FN4OS/c20-16-10-5-4-7-14(16)13-24-12-6-11-17(24)18(25)22-23-19(26)21-15-8-2-1-3-9-15/h1-5,7-10,17H,6,11-13H2,(H,22,25)(H2,21,23,26)/t17-/m0/s1. The SMILES string of the molecule is O=C(NNC(=S)Nc1ccccc1)[C@@H]1CCCN1Cc1ccccc1F. The van der Waals surface area contributed by atoms with Crippen molar-refractivity contribution in [2.75, 3.05) is 11.9 Å². The van der Waals surface area contributed by atoms with Crippen LogP contribution in [0.1, 0.15) is 18.4 Å². The van der Waals surface area contributed by atoms with E-state index >= 15 is 0 Å². The highest BCUT2D eigenvalue weighted by molar-refractivity contribution is 7.80. The largest absolute Gasteiger partial charge is 0.331 e. The van der Waals surface area contributed by atoms with Crippen LogP contribution < -0.4 is 16.2 Å². The van der Waals surface area contributed by atoms with Crippen LogP contribution in [-0.4, -0.2) is 28.5 Å². The second kappa shape index (κ2) is 8.73. The van der Waals surface area contributed by atoms with Gasteiger partial charge in [0.2, 0.25) is 0 Å². The first-order chi connectivity index (χ1) is 12.6. The lowest BCUT2D eigenvalue weighted by Gasteiger charge is -2.24. The van der Waals surface area contributed by atoms with Gasteiger partial charge in [-0.15, -0.1) is 0 Å². The second-order valence-electron chi connectivity index (χ2n) is 6.15. The lowest BCUT2D eigenvalue weighted by atomic mass is 10.1. The molecular formula is C19H21FN4OS. The molecule has 3 N–H and O–H groups in total. The van der Waals surface area contributed by atoms with Crippen molar-refractivity contribution in [2.24, 2.45) is 0 Å². The Labute approximate surface area is 157 Å². The lowest BCUT2D eigenvalue weighted by molar-refractivity contribution is -0.126. The molecule has 136 valence electrons. The van der Waals surface area contributed by atoms with Gasteiger partial charge in [0.25, 0.3) is 5.91 Å². The second-order valence-corrected chi connectivity index (χ2v) is 6.56. The Balaban J connectivity index is 1.52. The van der Waals surface area contributed by atoms with Crippen molar-refractivity contribution in [2.45, 2.75) is 25.4 Å². The molecule has 1 saturated heterocycles. The molecule has 0 radical (unpaired) electrons. The number of benzene rings is 2. The topological polar surface area (TPSA) is 56.4 Å². The van der Waals surface area contributed by atoms with Gasteiger partial charge in [0.1, 0.15) is 5.82 Å². The predicted octanol–water partition coefficient (Wildman–Crippen LogP) is 2.81. The van der Waals surface area contributed by atoms with Crippen molar-refractivity contribution < 1.29 is 9.18 Å². The smallest absolute Gasteiger partial charge is 0.255 e. The summed E-state index contributed by atoms with van der Waals surface area (Å²) in [5, 5.41) is 3.30. The molecule has 0 spiro atoms. The lowest BCUT2D eigenvalue weighted by Crippen LogP contribution is -2.51. The summed E-state index contributed by atoms with van der Waals surface area (Å²) in [6, 6.07) is 15.8. The minimum atomic E-state index is -0.304. The van der Waals surface area contributed by atoms with Crippen LogP contribution in [0.2, 0.25) is 0 Å². The van der Waals surface area contributed by atoms with E-state index in [1.165, 1.54) is 6.07 Å². The van der Waals surface area contributed by atoms with E-state index in [1.807, 2.05) is 35.2 Å². The Morgan fingerprint density at radius 3 is 2.62 bits per heavy atom. The molecule has 5 nitrogen and oxygen atoms in total. The molecule has 2 aromatic carbocycles. The highest BCUT2D eigenvalue weighted by Gasteiger charge is 2.31. The molecule has 2 aromatic rings. The number of amides is 1. The van der Waals surface area contributed by atoms with E-state index in [-0.39, 0.29) is 17.8 Å². The third-order valence-corrected chi connectivity index (χ3v) is 4.53. The van der Waals surface area contributed by atoms with Crippen LogP contribution in [-0.2, 0) is 11.3 Å². The predicted molar refractivity (Wildman–Crippen MR) is 104 cm³/mol. The van der Waals surface area contributed by atoms with Crippen LogP contribution in [0, 0.1) is 5.82 Å². The quantitative estimate of drug-likeness (QED) is 0.569. The summed E-state index contributed by atoms with van der Waals surface area (Å²) in [4.78, 5) is 14.5. The van der Waals surface area contributed by atoms with Gasteiger partial charge in [0.15, 0.2) is 5.11 Å². The molecule has 0 aromatic heterocycles. The van der Waals surface area contributed by atoms with Gasteiger partial charge in [-0.25, -0.2) is 4.39 Å². The molecule has 7 heteroatoms. The van der Waals surface area contributed by atoms with Gasteiger partial charge in [-0.1, -0.05) is 36.4 Å². The highest BCUT2D eigenvalue weighted by atomic mass is 32.1. The number of halogens is 1. The molecule has 26 heavy (non-hydrogen) atoms. The number of rotatable bonds is 4. The van der Waals surface area contributed by atoms with E-state index in [0.717, 1.165) is 25.1 Å². The van der Waals surface area contributed by atoms with Crippen molar-refractivity contribution >= 4 is 28.9 Å². The molecule has 1 aliphatic rings. The van der Waals surface area contributed by atoms with Gasteiger partial charge in [-0.2, -0.15) is 0 Å². The highest BCUT2D eigenvalue weighted by Crippen LogP contribution is 2.21. The number of anilines is 1. The summed E-state index contributed by atoms with van der Waals surface area (Å²) >= 11 is 5.18. The first kappa shape index (κ1) is 18.3. The molecule has 3 rings (SSSR count). The number of nitrogens with zero attached hydrogens (tertiary/aromatic N) is 1. The van der Waals surface area contributed by atoms with Crippen molar-refractivity contribution in [1.29, 1.82) is 0 Å². The van der Waals surface area contributed by atoms with E-state index in [0.29, 0.717) is 17.2 Å². The van der Waals surface area contributed by atoms with Crippen molar-refractivity contribution in [1.82, 2.24) is 15.8 Å². The van der Waals surface area contributed by atoms with E-state index in [4.69, 9.17) is 12.2 Å². The maximum absolute atomic E-state index is 13.9. The molecule has 0 saturated carbocycles. The average molecular weight is 372 g/mol. The van der Waals surface area contributed by atoms with Crippen LogP contribution in [0.5, 0.6) is 0 Å². The number of hydrogen-bond donors (Lipinski definition) is 3. The number of thiocarbonyl (C=S) groups is 1. The van der Waals surface area contributed by atoms with Gasteiger partial charge >= 0.3 is 0 Å². The molecule has 1 heterocycles. The van der Waals surface area contributed by atoms with E-state index in [2.05, 4.69) is 16.2 Å². The van der Waals surface area contributed by atoms with Crippen LogP contribution in [0.3, 0.4) is 0 Å². The molecule has 1 fully saturated rings. The van der Waals surface area contributed by atoms with E-state index in [1.54, 1.807) is 18.2 Å². The van der Waals surface area contributed by atoms with Gasteiger partial charge in [0, 0.05) is 17.8 Å². The Bertz CT molecular complexity index is 771. The maximum Gasteiger partial charge on any atom is 0.255 e. The fourth-order valence-corrected chi connectivity index (χ4v) is 3.21. The van der Waals surface area contributed by atoms with E-state index in [9.17, 15) is 9.18 Å². The third-order valence-electron chi connectivity index (χ3n) is 4.33. The van der Waals surface area contributed by atoms with Crippen molar-refractivity contribution in [3.8, 4) is 0 Å². The molecule has 0 bridgehead atoms. The molecule has 0 aliphatic carbocycles. The van der Waals surface area contributed by atoms with Crippen LogP contribution >= 0.6 is 12.2 Å². The average Bonchev–Trinajstić information content (AvgIpc) is 3.11. The Kier molecular flexibility index (Phi) is 6.14. The number of likely N-dealkylation sites (tertiary alicyclic amines) is 1. The maximum atomic E-state index is 13.9. The van der Waals surface area contributed by atoms with Gasteiger partial charge < -0.3 is 5.32 Å². The minimum Gasteiger partial charge on any atom is -0.331 e. The number of hydrogen-bond acceptors (Lipinski definition) is 3. The molecule has 1 aliphatic heterocycles. The van der Waals surface area contributed by atoms with Crippen LogP contribution in [0.25, 0.3) is 0 Å². The van der Waals surface area contributed by atoms with Crippen molar-refractivity contribution in [3.63, 3.8) is 0 Å². The monoisotopic (exact) mass is 372 g/mol. The Hall–Kier alpha value is -2.51. The fourth-order valence-electron chi connectivity index (χ4n) is 3.04. The molecule has 1 amide bonds. The summed E-state index contributed by atoms with van der Waals surface area (Å²) in [5.74, 6) is -0.416. The minimum absolute atomic E-state index is 0.170. The zero-order chi connectivity index (χ0) is 18.4. The number of hydrazine groups is 1. The number of nitrogens with one attached hydrogen (secondary N) is 3. The molecular weight excluding hydrogens is 351 g/mol. The zero-order valence-electron chi connectivity index (χ0n) is 14.2. The molecule has 0 unspecified atom stereocenters. The van der Waals surface area contributed by atoms with Gasteiger partial charge in [-0.05, 0) is 49.8 Å². The first-order valence-corrected chi connectivity index (χ1v) is 8.93. The van der Waals surface area contributed by atoms with E-state index < -0.39 is 0 Å². The van der Waals surface area contributed by atoms with Gasteiger partial charge in [0.05, 0.1) is 6.04 Å². The summed E-state index contributed by atoms with van der Waals surface area (Å²) in [5.41, 5.74) is 6.80. The Morgan fingerprint density at radius 1 is 1.12 bits per heavy atom. The summed E-state index contributed by atoms with van der Waals surface area (Å²) in [6.45, 7) is 1.18. The normalized spacial score (nSPS) is 16.9. The van der Waals surface area contributed by atoms with Crippen LogP contribution in [0.15, 0.2) is 54.6 Å². The summed E-state index contributed by atoms with van der Waals surface area (Å²) in [6.07, 6.45) is 1.64. The first-order valence-electron chi connectivity index (χ1n) is 8.53. The third kappa shape index (κ3) is 4.77. The number of carbonyl (C=O) groups is 1. The summed E-state index contributed by atoms with van der Waals surface area (Å²) < 4.78 is 13.9. The summed E-state index contributed by atoms with van der Waals surface area (Å²) in [7, 11) is 0. The van der Waals surface area contributed by atoms with Crippen molar-refractivity contribution in [3.05, 3.63) is 66.0 Å². The van der Waals surface area contributed by atoms with Gasteiger partial charge in [-0.3, -0.25) is 20.5 Å². The number of carbonyl (C=O) groups excluding carboxylic acids is 1. The molecule has 1 atom stereocenters. The van der Waals surface area contributed by atoms with Crippen LogP contribution in [0.4, 0.5) is 10.1 Å².